The monoisotopic (exact) mass is 524 g/mol. The fourth-order valence-electron chi connectivity index (χ4n) is 3.35. The Hall–Kier alpha value is -3.03. The van der Waals surface area contributed by atoms with Gasteiger partial charge in [-0.1, -0.05) is 135 Å². The van der Waals surface area contributed by atoms with E-state index in [1.807, 2.05) is 36.4 Å². The van der Waals surface area contributed by atoms with Crippen molar-refractivity contribution in [2.24, 2.45) is 0 Å². The van der Waals surface area contributed by atoms with E-state index in [9.17, 15) is 0 Å². The van der Waals surface area contributed by atoms with E-state index in [1.54, 1.807) is 0 Å². The van der Waals surface area contributed by atoms with Gasteiger partial charge in [0.15, 0.2) is 16.1 Å². The van der Waals surface area contributed by atoms with E-state index in [4.69, 9.17) is 0 Å². The summed E-state index contributed by atoms with van der Waals surface area (Å²) < 4.78 is 0. The Labute approximate surface area is 224 Å². The molecule has 0 aromatic heterocycles. The molecule has 3 heteroatoms. The summed E-state index contributed by atoms with van der Waals surface area (Å²) in [4.78, 5) is 0. The van der Waals surface area contributed by atoms with Crippen molar-refractivity contribution in [2.75, 3.05) is 0 Å². The van der Waals surface area contributed by atoms with Crippen LogP contribution in [0.5, 0.6) is 0 Å². The molecule has 0 atom stereocenters. The summed E-state index contributed by atoms with van der Waals surface area (Å²) in [7, 11) is -3.25. The van der Waals surface area contributed by atoms with Crippen molar-refractivity contribution in [1.29, 1.82) is 0 Å². The topological polar surface area (TPSA) is 0 Å². The first kappa shape index (κ1) is 28.2. The standard InChI is InChI=1S/2C16H16Si.Cr/c2*1-17(2,16-11-7-4-8-12-16)14-13-15-9-5-3-6-10-15;/h2*3-12H,1-2H3;. The molecule has 0 amide bonds. The van der Waals surface area contributed by atoms with E-state index in [2.05, 4.69) is 134 Å². The molecule has 0 spiro atoms. The second-order valence-electron chi connectivity index (χ2n) is 9.21. The Kier molecular flexibility index (Phi) is 11.1. The van der Waals surface area contributed by atoms with Crippen LogP contribution in [0.15, 0.2) is 121 Å². The van der Waals surface area contributed by atoms with Crippen molar-refractivity contribution in [1.82, 2.24) is 0 Å². The molecule has 4 rings (SSSR count). The minimum Gasteiger partial charge on any atom is -0.121 e. The molecule has 0 N–H and O–H groups in total. The molecule has 4 aromatic rings. The van der Waals surface area contributed by atoms with Gasteiger partial charge in [-0.25, -0.2) is 0 Å². The number of benzene rings is 4. The van der Waals surface area contributed by atoms with E-state index in [0.717, 1.165) is 11.1 Å². The minimum absolute atomic E-state index is 0. The maximum absolute atomic E-state index is 3.48. The molecule has 174 valence electrons. The molecule has 0 bridgehead atoms. The van der Waals surface area contributed by atoms with E-state index in [1.165, 1.54) is 10.4 Å². The zero-order chi connectivity index (χ0) is 24.3. The van der Waals surface area contributed by atoms with Gasteiger partial charge in [-0.15, -0.1) is 11.1 Å². The molecule has 0 heterocycles. The first-order valence-electron chi connectivity index (χ1n) is 11.6. The van der Waals surface area contributed by atoms with Gasteiger partial charge in [-0.05, 0) is 34.6 Å². The van der Waals surface area contributed by atoms with Crippen molar-refractivity contribution in [3.05, 3.63) is 132 Å². The van der Waals surface area contributed by atoms with Crippen LogP contribution in [-0.2, 0) is 17.4 Å². The summed E-state index contributed by atoms with van der Waals surface area (Å²) >= 11 is 0. The number of hydrogen-bond acceptors (Lipinski definition) is 0. The first-order chi connectivity index (χ1) is 16.4. The zero-order valence-electron chi connectivity index (χ0n) is 21.0. The van der Waals surface area contributed by atoms with E-state index in [-0.39, 0.29) is 17.4 Å². The van der Waals surface area contributed by atoms with Crippen LogP contribution in [0, 0.1) is 22.9 Å². The third-order valence-electron chi connectivity index (χ3n) is 5.58. The van der Waals surface area contributed by atoms with Crippen molar-refractivity contribution < 1.29 is 17.4 Å². The Morgan fingerprint density at radius 2 is 0.657 bits per heavy atom. The van der Waals surface area contributed by atoms with Gasteiger partial charge in [-0.3, -0.25) is 0 Å². The number of rotatable bonds is 2. The van der Waals surface area contributed by atoms with Crippen molar-refractivity contribution >= 4 is 26.5 Å². The molecule has 0 saturated carbocycles. The smallest absolute Gasteiger partial charge is 0.121 e. The van der Waals surface area contributed by atoms with Crippen LogP contribution in [0.25, 0.3) is 0 Å². The van der Waals surface area contributed by atoms with E-state index >= 15 is 0 Å². The predicted octanol–water partition coefficient (Wildman–Crippen LogP) is 6.38. The van der Waals surface area contributed by atoms with Gasteiger partial charge in [0.05, 0.1) is 0 Å². The molecule has 0 aliphatic rings. The molecule has 0 fully saturated rings. The maximum Gasteiger partial charge on any atom is 0.163 e. The van der Waals surface area contributed by atoms with Gasteiger partial charge < -0.3 is 0 Å². The van der Waals surface area contributed by atoms with Gasteiger partial charge in [0, 0.05) is 28.5 Å². The molecule has 0 saturated heterocycles. The molecule has 0 aliphatic heterocycles. The van der Waals surface area contributed by atoms with Crippen LogP contribution in [-0.4, -0.2) is 16.1 Å². The Morgan fingerprint density at radius 3 is 0.943 bits per heavy atom. The van der Waals surface area contributed by atoms with Crippen LogP contribution in [0.1, 0.15) is 11.1 Å². The predicted molar refractivity (Wildman–Crippen MR) is 154 cm³/mol. The van der Waals surface area contributed by atoms with Crippen LogP contribution in [0.3, 0.4) is 0 Å². The third-order valence-corrected chi connectivity index (χ3v) is 10.6. The van der Waals surface area contributed by atoms with Crippen molar-refractivity contribution in [3.8, 4) is 22.9 Å². The summed E-state index contributed by atoms with van der Waals surface area (Å²) in [5.41, 5.74) is 9.16. The van der Waals surface area contributed by atoms with Crippen molar-refractivity contribution in [2.45, 2.75) is 26.2 Å². The van der Waals surface area contributed by atoms with Gasteiger partial charge in [0.25, 0.3) is 0 Å². The van der Waals surface area contributed by atoms with Crippen LogP contribution < -0.4 is 10.4 Å². The SMILES string of the molecule is C[Si](C)(C#Cc1ccccc1)c1ccccc1.C[Si](C)(C#Cc1ccccc1)c1ccccc1.[Cr]. The second-order valence-corrected chi connectivity index (χ2v) is 17.4. The Balaban J connectivity index is 0.000000240. The average Bonchev–Trinajstić information content (AvgIpc) is 2.89. The average molecular weight is 525 g/mol. The summed E-state index contributed by atoms with van der Waals surface area (Å²) in [6, 6.07) is 41.6. The molecule has 35 heavy (non-hydrogen) atoms. The molecule has 0 aliphatic carbocycles. The number of hydrogen-bond donors (Lipinski definition) is 0. The van der Waals surface area contributed by atoms with Crippen LogP contribution >= 0.6 is 0 Å². The minimum atomic E-state index is -1.62. The molecular weight excluding hydrogens is 493 g/mol. The van der Waals surface area contributed by atoms with E-state index in [0.29, 0.717) is 0 Å². The summed E-state index contributed by atoms with van der Waals surface area (Å²) in [6.45, 7) is 9.16. The maximum atomic E-state index is 3.48. The van der Waals surface area contributed by atoms with E-state index < -0.39 is 16.1 Å². The summed E-state index contributed by atoms with van der Waals surface area (Å²) in [5, 5.41) is 2.78. The fraction of sp³-hybridized carbons (Fsp3) is 0.125. The third kappa shape index (κ3) is 9.26. The largest absolute Gasteiger partial charge is 0.163 e. The molecule has 0 nitrogen and oxygen atoms in total. The fourth-order valence-corrected chi connectivity index (χ4v) is 6.61. The van der Waals surface area contributed by atoms with Gasteiger partial charge in [-0.2, -0.15) is 0 Å². The molecule has 0 radical (unpaired) electrons. The quantitative estimate of drug-likeness (QED) is 0.211. The van der Waals surface area contributed by atoms with Gasteiger partial charge >= 0.3 is 0 Å². The first-order valence-corrected chi connectivity index (χ1v) is 17.6. The van der Waals surface area contributed by atoms with Crippen molar-refractivity contribution in [3.63, 3.8) is 0 Å². The Bertz CT molecular complexity index is 1170. The summed E-state index contributed by atoms with van der Waals surface area (Å²) in [5.74, 6) is 6.59. The molecule has 0 unspecified atom stereocenters. The molecule has 4 aromatic carbocycles. The summed E-state index contributed by atoms with van der Waals surface area (Å²) in [6.07, 6.45) is 0. The van der Waals surface area contributed by atoms with Crippen LogP contribution in [0.4, 0.5) is 0 Å². The molecular formula is C32H32CrSi2. The second kappa shape index (κ2) is 13.8. The van der Waals surface area contributed by atoms with Crippen LogP contribution in [0.2, 0.25) is 26.2 Å². The normalized spacial score (nSPS) is 10.2. The van der Waals surface area contributed by atoms with Gasteiger partial charge in [0.1, 0.15) is 0 Å². The zero-order valence-corrected chi connectivity index (χ0v) is 24.2. The Morgan fingerprint density at radius 1 is 0.400 bits per heavy atom. The van der Waals surface area contributed by atoms with Gasteiger partial charge in [0.2, 0.25) is 0 Å².